The monoisotopic (exact) mass is 447 g/mol. The second-order valence-corrected chi connectivity index (χ2v) is 8.49. The third-order valence-corrected chi connectivity index (χ3v) is 6.14. The maximum absolute atomic E-state index is 13.5. The van der Waals surface area contributed by atoms with Crippen LogP contribution in [0, 0.1) is 0 Å². The molecule has 0 saturated heterocycles. The highest BCUT2D eigenvalue weighted by atomic mass is 16.2. The summed E-state index contributed by atoms with van der Waals surface area (Å²) in [6.07, 6.45) is 0.936. The van der Waals surface area contributed by atoms with Gasteiger partial charge < -0.3 is 14.7 Å². The molecule has 1 aromatic heterocycles. The summed E-state index contributed by atoms with van der Waals surface area (Å²) in [4.78, 5) is 43.8. The van der Waals surface area contributed by atoms with Crippen LogP contribution in [0.25, 0.3) is 10.8 Å². The number of aromatic nitrogens is 2. The van der Waals surface area contributed by atoms with Crippen molar-refractivity contribution in [3.05, 3.63) is 70.1 Å². The van der Waals surface area contributed by atoms with Gasteiger partial charge in [-0.15, -0.1) is 0 Å². The summed E-state index contributed by atoms with van der Waals surface area (Å²) >= 11 is 0. The number of benzene rings is 2. The average molecular weight is 448 g/mol. The quantitative estimate of drug-likeness (QED) is 0.651. The lowest BCUT2D eigenvalue weighted by atomic mass is 10.1. The highest BCUT2D eigenvalue weighted by Gasteiger charge is 2.22. The number of rotatable bonds is 2. The molecule has 4 rings (SSSR count). The molecule has 0 fully saturated rings. The molecule has 8 heteroatoms. The van der Waals surface area contributed by atoms with Crippen LogP contribution in [0.5, 0.6) is 0 Å². The van der Waals surface area contributed by atoms with Crippen molar-refractivity contribution in [2.75, 3.05) is 38.1 Å². The molecule has 1 N–H and O–H groups in total. The summed E-state index contributed by atoms with van der Waals surface area (Å²) in [6, 6.07) is 15.0. The smallest absolute Gasteiger partial charge is 0.272 e. The Bertz CT molecular complexity index is 1220. The van der Waals surface area contributed by atoms with Gasteiger partial charge >= 0.3 is 0 Å². The molecule has 33 heavy (non-hydrogen) atoms. The van der Waals surface area contributed by atoms with Crippen LogP contribution in [0.15, 0.2) is 53.3 Å². The Labute approximate surface area is 192 Å². The van der Waals surface area contributed by atoms with Gasteiger partial charge in [0.15, 0.2) is 0 Å². The Kier molecular flexibility index (Phi) is 6.84. The Morgan fingerprint density at radius 2 is 1.70 bits per heavy atom. The van der Waals surface area contributed by atoms with Gasteiger partial charge in [-0.2, -0.15) is 5.10 Å². The molecule has 1 aliphatic rings. The molecule has 172 valence electrons. The predicted octanol–water partition coefficient (Wildman–Crippen LogP) is 2.18. The van der Waals surface area contributed by atoms with Gasteiger partial charge in [0, 0.05) is 44.2 Å². The van der Waals surface area contributed by atoms with Crippen LogP contribution in [0.3, 0.4) is 0 Å². The van der Waals surface area contributed by atoms with E-state index < -0.39 is 0 Å². The number of amides is 2. The highest BCUT2D eigenvalue weighted by molar-refractivity contribution is 5.92. The van der Waals surface area contributed by atoms with Crippen molar-refractivity contribution in [3.63, 3.8) is 0 Å². The van der Waals surface area contributed by atoms with Crippen LogP contribution >= 0.6 is 0 Å². The molecule has 3 aromatic rings. The minimum absolute atomic E-state index is 0.00821. The van der Waals surface area contributed by atoms with E-state index in [1.54, 1.807) is 24.0 Å². The number of carbonyl (C=O) groups is 2. The van der Waals surface area contributed by atoms with Crippen LogP contribution < -0.4 is 10.5 Å². The topological polar surface area (TPSA) is 89.6 Å². The van der Waals surface area contributed by atoms with Gasteiger partial charge in [-0.25, -0.2) is 5.10 Å². The van der Waals surface area contributed by atoms with E-state index in [-0.39, 0.29) is 23.8 Å². The van der Waals surface area contributed by atoms with E-state index in [9.17, 15) is 14.4 Å². The van der Waals surface area contributed by atoms with Crippen LogP contribution in [0.4, 0.5) is 5.69 Å². The average Bonchev–Trinajstić information content (AvgIpc) is 2.84. The molecule has 0 aliphatic carbocycles. The van der Waals surface area contributed by atoms with Gasteiger partial charge in [0.2, 0.25) is 11.8 Å². The number of likely N-dealkylation sites (N-methyl/N-ethyl adjacent to an activating group) is 1. The fourth-order valence-electron chi connectivity index (χ4n) is 4.32. The van der Waals surface area contributed by atoms with Crippen molar-refractivity contribution in [3.8, 4) is 0 Å². The largest absolute Gasteiger partial charge is 0.337 e. The van der Waals surface area contributed by atoms with E-state index >= 15 is 0 Å². The van der Waals surface area contributed by atoms with Gasteiger partial charge in [-0.3, -0.25) is 14.4 Å². The fraction of sp³-hybridized carbons (Fsp3) is 0.360. The zero-order valence-electron chi connectivity index (χ0n) is 19.1. The fourth-order valence-corrected chi connectivity index (χ4v) is 4.32. The molecular formula is C25H29N5O3. The molecule has 2 heterocycles. The molecule has 0 saturated carbocycles. The van der Waals surface area contributed by atoms with Gasteiger partial charge in [-0.1, -0.05) is 36.4 Å². The van der Waals surface area contributed by atoms with Crippen molar-refractivity contribution in [2.45, 2.75) is 26.3 Å². The molecule has 8 nitrogen and oxygen atoms in total. The summed E-state index contributed by atoms with van der Waals surface area (Å²) in [5.74, 6) is -0.0809. The van der Waals surface area contributed by atoms with Gasteiger partial charge in [0.05, 0.1) is 17.5 Å². The molecule has 0 spiro atoms. The lowest BCUT2D eigenvalue weighted by Gasteiger charge is -2.27. The van der Waals surface area contributed by atoms with Crippen molar-refractivity contribution in [1.29, 1.82) is 0 Å². The summed E-state index contributed by atoms with van der Waals surface area (Å²) in [6.45, 7) is 4.74. The van der Waals surface area contributed by atoms with Crippen molar-refractivity contribution in [2.24, 2.45) is 0 Å². The number of aromatic amines is 1. The normalized spacial score (nSPS) is 15.7. The van der Waals surface area contributed by atoms with E-state index in [1.807, 2.05) is 48.3 Å². The number of anilines is 1. The first-order chi connectivity index (χ1) is 15.9. The zero-order valence-corrected chi connectivity index (χ0v) is 19.1. The molecule has 1 aliphatic heterocycles. The minimum Gasteiger partial charge on any atom is -0.337 e. The van der Waals surface area contributed by atoms with Crippen LogP contribution in [0.1, 0.15) is 24.6 Å². The van der Waals surface area contributed by atoms with E-state index in [1.165, 1.54) is 0 Å². The molecule has 0 radical (unpaired) electrons. The molecule has 0 atom stereocenters. The Morgan fingerprint density at radius 3 is 2.48 bits per heavy atom. The minimum atomic E-state index is -0.267. The van der Waals surface area contributed by atoms with Crippen LogP contribution in [0.2, 0.25) is 0 Å². The first kappa shape index (κ1) is 22.7. The molecular weight excluding hydrogens is 418 g/mol. The summed E-state index contributed by atoms with van der Waals surface area (Å²) < 4.78 is 0. The standard InChI is InChI=1S/C25H29N5O3/c1-18(31)30-13-7-12-28(2)14-15-29(17-19-8-3-6-11-23(19)30)24(32)16-22-20-9-4-5-10-21(20)25(33)27-26-22/h3-6,8-11H,7,12-17H2,1-2H3,(H,27,33). The maximum atomic E-state index is 13.5. The number of H-pyrrole nitrogens is 1. The molecule has 2 amide bonds. The van der Waals surface area contributed by atoms with Gasteiger partial charge in [0.25, 0.3) is 5.56 Å². The lowest BCUT2D eigenvalue weighted by molar-refractivity contribution is -0.131. The Hall–Kier alpha value is -3.52. The number of carbonyl (C=O) groups excluding carboxylic acids is 2. The van der Waals surface area contributed by atoms with E-state index in [0.717, 1.165) is 30.8 Å². The molecule has 0 unspecified atom stereocenters. The Morgan fingerprint density at radius 1 is 0.970 bits per heavy atom. The summed E-state index contributed by atoms with van der Waals surface area (Å²) in [7, 11) is 2.03. The number of nitrogens with zero attached hydrogens (tertiary/aromatic N) is 4. The van der Waals surface area contributed by atoms with E-state index in [4.69, 9.17) is 0 Å². The SMILES string of the molecule is CC(=O)N1CCCN(C)CCN(C(=O)Cc2n[nH]c(=O)c3ccccc23)Cc2ccccc21. The number of fused-ring (bicyclic) bond motifs is 2. The lowest BCUT2D eigenvalue weighted by Crippen LogP contribution is -2.38. The van der Waals surface area contributed by atoms with Crippen molar-refractivity contribution < 1.29 is 9.59 Å². The number of para-hydroxylation sites is 1. The van der Waals surface area contributed by atoms with Crippen LogP contribution in [-0.2, 0) is 22.6 Å². The third kappa shape index (κ3) is 5.12. The number of hydrogen-bond acceptors (Lipinski definition) is 5. The number of hydrogen-bond donors (Lipinski definition) is 1. The van der Waals surface area contributed by atoms with Crippen molar-refractivity contribution >= 4 is 28.3 Å². The second kappa shape index (κ2) is 9.95. The summed E-state index contributed by atoms with van der Waals surface area (Å²) in [5.41, 5.74) is 2.07. The molecule has 2 aromatic carbocycles. The molecule has 0 bridgehead atoms. The zero-order chi connectivity index (χ0) is 23.4. The predicted molar refractivity (Wildman–Crippen MR) is 128 cm³/mol. The second-order valence-electron chi connectivity index (χ2n) is 8.49. The van der Waals surface area contributed by atoms with Crippen LogP contribution in [-0.4, -0.2) is 65.0 Å². The number of nitrogens with one attached hydrogen (secondary N) is 1. The van der Waals surface area contributed by atoms with Gasteiger partial charge in [-0.05, 0) is 37.7 Å². The highest BCUT2D eigenvalue weighted by Crippen LogP contribution is 2.24. The van der Waals surface area contributed by atoms with E-state index in [0.29, 0.717) is 36.1 Å². The van der Waals surface area contributed by atoms with E-state index in [2.05, 4.69) is 15.1 Å². The maximum Gasteiger partial charge on any atom is 0.272 e. The van der Waals surface area contributed by atoms with Crippen molar-refractivity contribution in [1.82, 2.24) is 20.0 Å². The first-order valence-corrected chi connectivity index (χ1v) is 11.2. The first-order valence-electron chi connectivity index (χ1n) is 11.2. The summed E-state index contributed by atoms with van der Waals surface area (Å²) in [5, 5.41) is 7.90. The Balaban J connectivity index is 1.66. The van der Waals surface area contributed by atoms with Gasteiger partial charge in [0.1, 0.15) is 0 Å². The third-order valence-electron chi connectivity index (χ3n) is 6.14.